The summed E-state index contributed by atoms with van der Waals surface area (Å²) in [6, 6.07) is 89.5. The Balaban J connectivity index is 0.000000191. The zero-order valence-electron chi connectivity index (χ0n) is 46.2. The van der Waals surface area contributed by atoms with Gasteiger partial charge in [0.25, 0.3) is 0 Å². The molecule has 0 saturated heterocycles. The third kappa shape index (κ3) is 9.14. The molecule has 2 aliphatic rings. The van der Waals surface area contributed by atoms with E-state index >= 15 is 0 Å². The molecule has 12 aromatic rings. The second-order valence-electron chi connectivity index (χ2n) is 18.3. The summed E-state index contributed by atoms with van der Waals surface area (Å²) in [5, 5.41) is 10.9. The van der Waals surface area contributed by atoms with E-state index in [1.165, 1.54) is 121 Å². The molecule has 0 fully saturated rings. The van der Waals surface area contributed by atoms with Crippen LogP contribution in [0.4, 0.5) is 0 Å². The largest absolute Gasteiger partial charge is 0.120 e. The Hall–Kier alpha value is -5.90. The first-order chi connectivity index (χ1) is 36.6. The molecule has 0 N–H and O–H groups in total. The summed E-state index contributed by atoms with van der Waals surface area (Å²) >= 11 is 0. The van der Waals surface area contributed by atoms with E-state index in [1.807, 2.05) is 55.4 Å². The van der Waals surface area contributed by atoms with Gasteiger partial charge in [-0.1, -0.05) is 299 Å². The second kappa shape index (κ2) is 25.5. The topological polar surface area (TPSA) is 0 Å². The number of hydrogen-bond acceptors (Lipinski definition) is 0. The van der Waals surface area contributed by atoms with Crippen molar-refractivity contribution < 1.29 is 63.8 Å². The molecular formula is C74H70UY-2. The van der Waals surface area contributed by atoms with Gasteiger partial charge in [-0.2, -0.15) is 0 Å². The van der Waals surface area contributed by atoms with Gasteiger partial charge in [0.15, 0.2) is 0 Å². The summed E-state index contributed by atoms with van der Waals surface area (Å²) in [7, 11) is 0. The Kier molecular flexibility index (Phi) is 19.4. The maximum absolute atomic E-state index is 2.49. The molecule has 0 bridgehead atoms. The van der Waals surface area contributed by atoms with Crippen molar-refractivity contribution in [2.24, 2.45) is 0 Å². The van der Waals surface area contributed by atoms with E-state index in [9.17, 15) is 0 Å². The quantitative estimate of drug-likeness (QED) is 0.154. The van der Waals surface area contributed by atoms with Gasteiger partial charge >= 0.3 is 0 Å². The summed E-state index contributed by atoms with van der Waals surface area (Å²) < 4.78 is 0. The van der Waals surface area contributed by atoms with Crippen molar-refractivity contribution in [3.05, 3.63) is 298 Å². The van der Waals surface area contributed by atoms with Crippen LogP contribution in [-0.2, 0) is 43.5 Å². The molecule has 76 heavy (non-hydrogen) atoms. The van der Waals surface area contributed by atoms with Crippen molar-refractivity contribution >= 4 is 43.1 Å². The number of benzene rings is 10. The number of aryl methyl sites for hydroxylation is 2. The first-order valence-electron chi connectivity index (χ1n) is 27.3. The molecule has 2 aliphatic carbocycles. The Morgan fingerprint density at radius 3 is 1.13 bits per heavy atom. The summed E-state index contributed by atoms with van der Waals surface area (Å²) in [6.45, 7) is 20.6. The van der Waals surface area contributed by atoms with Gasteiger partial charge in [0, 0.05) is 69.2 Å². The van der Waals surface area contributed by atoms with Crippen LogP contribution in [-0.4, -0.2) is 0 Å². The van der Waals surface area contributed by atoms with Crippen molar-refractivity contribution in [3.63, 3.8) is 0 Å². The fraction of sp³-hybridized carbons (Fsp3) is 0.162. The minimum Gasteiger partial charge on any atom is -0.120 e. The molecule has 2 heteroatoms. The zero-order chi connectivity index (χ0) is 52.0. The van der Waals surface area contributed by atoms with Crippen LogP contribution >= 0.6 is 0 Å². The van der Waals surface area contributed by atoms with Crippen LogP contribution in [0, 0.1) is 45.0 Å². The summed E-state index contributed by atoms with van der Waals surface area (Å²) in [5.41, 5.74) is 18.2. The second-order valence-corrected chi connectivity index (χ2v) is 18.3. The zero-order valence-corrected chi connectivity index (χ0v) is 53.2. The van der Waals surface area contributed by atoms with E-state index in [0.29, 0.717) is 0 Å². The number of rotatable bonds is 4. The maximum atomic E-state index is 2.49. The van der Waals surface area contributed by atoms with E-state index in [4.69, 9.17) is 0 Å². The smallest absolute Gasteiger partial charge is 0.0700 e. The molecule has 14 rings (SSSR count). The van der Waals surface area contributed by atoms with Crippen molar-refractivity contribution in [1.29, 1.82) is 0 Å². The molecule has 0 atom stereocenters. The molecule has 12 aromatic carbocycles. The molecule has 0 spiro atoms. The molecule has 0 nitrogen and oxygen atoms in total. The van der Waals surface area contributed by atoms with Crippen molar-refractivity contribution in [2.45, 2.75) is 80.1 Å². The van der Waals surface area contributed by atoms with Crippen LogP contribution in [0.1, 0.15) is 111 Å². The van der Waals surface area contributed by atoms with Crippen molar-refractivity contribution in [3.8, 4) is 22.3 Å². The van der Waals surface area contributed by atoms with Crippen LogP contribution in [0.2, 0.25) is 0 Å². The average Bonchev–Trinajstić information content (AvgIpc) is 4.21. The van der Waals surface area contributed by atoms with Gasteiger partial charge in [-0.25, -0.2) is 0 Å². The van der Waals surface area contributed by atoms with Gasteiger partial charge in [0.2, 0.25) is 0 Å². The van der Waals surface area contributed by atoms with Gasteiger partial charge in [-0.05, 0) is 61.2 Å². The van der Waals surface area contributed by atoms with Crippen LogP contribution in [0.25, 0.3) is 65.3 Å². The van der Waals surface area contributed by atoms with Crippen molar-refractivity contribution in [2.75, 3.05) is 0 Å². The molecule has 0 saturated carbocycles. The maximum Gasteiger partial charge on any atom is 0.0700 e. The number of hydrogen-bond donors (Lipinski definition) is 0. The molecular weight excluding hydrogens is 1220 g/mol. The fourth-order valence-electron chi connectivity index (χ4n) is 12.5. The standard InChI is InChI=1S/2C33H23.4C2H6.U.Y/c1-22-25-16-8-9-17-26(25)29-21-32-30(20-28(22)29)27-18-10-11-19-31(27)33(32,23-12-4-2-5-13-23)24-14-6-3-7-15-24;1-22-25-16-8-9-17-26(25)28-20-21-29-27-18-10-11-19-30(27)33(32(29)31(22)28,23-12-4-2-5-13-23)24-14-6-3-7-15-24;4*1-2;;/h2*2-21H,1H3;4*1-2H3;;/q2*-1;;;;;;. The van der Waals surface area contributed by atoms with Crippen LogP contribution in [0.3, 0.4) is 0 Å². The SMILES string of the molecule is CC.CC.CC.CC.C[c-]1c2ccccc2c2cc3c(cc21)-c1ccccc1C3(c1ccccc1)c1ccccc1.C[c-]1c2ccccc2c2ccc3c(c21)C(c1ccccc1)(c1ccccc1)c1ccccc1-3.[U].[Y]. The van der Waals surface area contributed by atoms with Crippen molar-refractivity contribution in [1.82, 2.24) is 0 Å². The third-order valence-corrected chi connectivity index (χ3v) is 15.2. The predicted octanol–water partition coefficient (Wildman–Crippen LogP) is 20.9. The fourth-order valence-corrected chi connectivity index (χ4v) is 12.5. The molecule has 0 aliphatic heterocycles. The predicted molar refractivity (Wildman–Crippen MR) is 324 cm³/mol. The monoisotopic (exact) mass is 1290 g/mol. The molecule has 0 heterocycles. The first kappa shape index (κ1) is 57.8. The molecule has 0 aromatic heterocycles. The minimum atomic E-state index is -0.358. The average molecular weight is 1290 g/mol. The van der Waals surface area contributed by atoms with E-state index < -0.39 is 0 Å². The van der Waals surface area contributed by atoms with Gasteiger partial charge < -0.3 is 0 Å². The van der Waals surface area contributed by atoms with Gasteiger partial charge in [0.1, 0.15) is 0 Å². The third-order valence-electron chi connectivity index (χ3n) is 15.2. The Morgan fingerprint density at radius 1 is 0.276 bits per heavy atom. The molecule has 375 valence electrons. The van der Waals surface area contributed by atoms with Gasteiger partial charge in [0.05, 0.1) is 5.41 Å². The molecule has 0 amide bonds. The van der Waals surface area contributed by atoms with E-state index in [2.05, 4.69) is 257 Å². The van der Waals surface area contributed by atoms with Gasteiger partial charge in [-0.3, -0.25) is 0 Å². The first-order valence-corrected chi connectivity index (χ1v) is 27.3. The minimum absolute atomic E-state index is 0. The summed E-state index contributed by atoms with van der Waals surface area (Å²) in [5.74, 6) is 0. The van der Waals surface area contributed by atoms with Gasteiger partial charge in [-0.15, -0.1) is 72.4 Å². The Labute approximate surface area is 502 Å². The molecule has 0 unspecified atom stereocenters. The molecule has 1 radical (unpaired) electrons. The Bertz CT molecular complexity index is 3720. The summed E-state index contributed by atoms with van der Waals surface area (Å²) in [4.78, 5) is 0. The summed E-state index contributed by atoms with van der Waals surface area (Å²) in [6.07, 6.45) is 0. The normalized spacial score (nSPS) is 12.3. The van der Waals surface area contributed by atoms with E-state index in [0.717, 1.165) is 0 Å². The Morgan fingerprint density at radius 2 is 0.645 bits per heavy atom. The van der Waals surface area contributed by atoms with Crippen LogP contribution in [0.5, 0.6) is 0 Å². The van der Waals surface area contributed by atoms with E-state index in [1.54, 1.807) is 0 Å². The van der Waals surface area contributed by atoms with E-state index in [-0.39, 0.29) is 74.7 Å². The van der Waals surface area contributed by atoms with Crippen LogP contribution < -0.4 is 0 Å². The number of fused-ring (bicyclic) bond motifs is 13. The van der Waals surface area contributed by atoms with Crippen LogP contribution in [0.15, 0.2) is 243 Å².